The number of amides is 2. The molecule has 0 aromatic carbocycles. The van der Waals surface area contributed by atoms with E-state index < -0.39 is 0 Å². The molecule has 2 amide bonds. The van der Waals surface area contributed by atoms with Gasteiger partial charge in [-0.25, -0.2) is 4.79 Å². The molecule has 3 rings (SSSR count). The first-order chi connectivity index (χ1) is 10.7. The molecule has 1 N–H and O–H groups in total. The molecule has 4 heteroatoms. The molecule has 3 fully saturated rings. The molecule has 0 aromatic rings. The number of unbranched alkanes of at least 4 members (excludes halogenated alkanes) is 1. The summed E-state index contributed by atoms with van der Waals surface area (Å²) in [5, 5.41) is 3.39. The number of rotatable bonds is 4. The number of carbonyl (C=O) groups is 1. The fourth-order valence-corrected chi connectivity index (χ4v) is 4.75. The Morgan fingerprint density at radius 2 is 2.05 bits per heavy atom. The number of urea groups is 1. The van der Waals surface area contributed by atoms with Crippen LogP contribution < -0.4 is 5.32 Å². The molecule has 1 saturated carbocycles. The summed E-state index contributed by atoms with van der Waals surface area (Å²) in [6.45, 7) is 7.68. The van der Waals surface area contributed by atoms with E-state index in [0.717, 1.165) is 13.1 Å². The number of nitrogens with one attached hydrogen (secondary N) is 1. The predicted octanol–water partition coefficient (Wildman–Crippen LogP) is 3.22. The summed E-state index contributed by atoms with van der Waals surface area (Å²) in [4.78, 5) is 17.5. The monoisotopic (exact) mass is 307 g/mol. The summed E-state index contributed by atoms with van der Waals surface area (Å²) < 4.78 is 0. The van der Waals surface area contributed by atoms with Crippen LogP contribution >= 0.6 is 0 Å². The number of hydrogen-bond donors (Lipinski definition) is 1. The second kappa shape index (κ2) is 7.20. The van der Waals surface area contributed by atoms with Crippen LogP contribution in [0, 0.1) is 5.92 Å². The van der Waals surface area contributed by atoms with Crippen molar-refractivity contribution in [1.29, 1.82) is 0 Å². The second-order valence-corrected chi connectivity index (χ2v) is 7.68. The van der Waals surface area contributed by atoms with Crippen LogP contribution in [0.5, 0.6) is 0 Å². The minimum absolute atomic E-state index is 0.201. The Balaban J connectivity index is 1.54. The molecule has 1 aliphatic carbocycles. The summed E-state index contributed by atoms with van der Waals surface area (Å²) in [7, 11) is 0. The lowest BCUT2D eigenvalue weighted by Gasteiger charge is -2.42. The zero-order chi connectivity index (χ0) is 15.5. The van der Waals surface area contributed by atoms with Crippen LogP contribution in [0.3, 0.4) is 0 Å². The topological polar surface area (TPSA) is 35.6 Å². The fraction of sp³-hybridized carbons (Fsp3) is 0.944. The van der Waals surface area contributed by atoms with Gasteiger partial charge in [-0.05, 0) is 51.5 Å². The number of nitrogens with zero attached hydrogens (tertiary/aromatic N) is 2. The van der Waals surface area contributed by atoms with Crippen molar-refractivity contribution in [2.75, 3.05) is 19.6 Å². The molecular weight excluding hydrogens is 274 g/mol. The first-order valence-corrected chi connectivity index (χ1v) is 9.50. The Labute approximate surface area is 135 Å². The van der Waals surface area contributed by atoms with Crippen molar-refractivity contribution >= 4 is 6.03 Å². The van der Waals surface area contributed by atoms with E-state index in [0.29, 0.717) is 24.0 Å². The van der Waals surface area contributed by atoms with Gasteiger partial charge in [-0.1, -0.05) is 26.2 Å². The smallest absolute Gasteiger partial charge is 0.317 e. The maximum absolute atomic E-state index is 12.8. The molecule has 0 bridgehead atoms. The van der Waals surface area contributed by atoms with Crippen LogP contribution in [0.2, 0.25) is 0 Å². The van der Waals surface area contributed by atoms with E-state index in [1.807, 2.05) is 0 Å². The molecule has 4 nitrogen and oxygen atoms in total. The van der Waals surface area contributed by atoms with Crippen LogP contribution in [-0.2, 0) is 0 Å². The summed E-state index contributed by atoms with van der Waals surface area (Å²) in [5.74, 6) is 0.715. The lowest BCUT2D eigenvalue weighted by atomic mass is 9.97. The quantitative estimate of drug-likeness (QED) is 0.865. The summed E-state index contributed by atoms with van der Waals surface area (Å²) in [5.41, 5.74) is 0. The van der Waals surface area contributed by atoms with Gasteiger partial charge in [0, 0.05) is 31.2 Å². The molecule has 0 unspecified atom stereocenters. The molecule has 2 aliphatic heterocycles. The number of hydrogen-bond acceptors (Lipinski definition) is 2. The van der Waals surface area contributed by atoms with Crippen molar-refractivity contribution in [1.82, 2.24) is 15.1 Å². The van der Waals surface area contributed by atoms with E-state index >= 15 is 0 Å². The van der Waals surface area contributed by atoms with Crippen LogP contribution in [0.4, 0.5) is 4.79 Å². The minimum Gasteiger partial charge on any atom is -0.335 e. The molecule has 3 aliphatic rings. The van der Waals surface area contributed by atoms with E-state index in [4.69, 9.17) is 0 Å². The molecule has 0 spiro atoms. The SMILES string of the molecule is CCCC[C@@H]1CCC[C@@H]1NC(=O)N1C[C@@H]2CCCN2C[C@H]1C. The zero-order valence-electron chi connectivity index (χ0n) is 14.4. The molecule has 4 atom stereocenters. The zero-order valence-corrected chi connectivity index (χ0v) is 14.4. The van der Waals surface area contributed by atoms with E-state index in [-0.39, 0.29) is 6.03 Å². The molecular formula is C18H33N3O. The first kappa shape index (κ1) is 16.1. The van der Waals surface area contributed by atoms with Gasteiger partial charge in [-0.3, -0.25) is 4.90 Å². The third-order valence-electron chi connectivity index (χ3n) is 6.09. The van der Waals surface area contributed by atoms with Crippen molar-refractivity contribution in [3.8, 4) is 0 Å². The van der Waals surface area contributed by atoms with Crippen molar-refractivity contribution in [3.05, 3.63) is 0 Å². The normalized spacial score (nSPS) is 35.6. The fourth-order valence-electron chi connectivity index (χ4n) is 4.75. The maximum atomic E-state index is 12.8. The highest BCUT2D eigenvalue weighted by Crippen LogP contribution is 2.30. The van der Waals surface area contributed by atoms with Crippen molar-refractivity contribution in [2.45, 2.75) is 83.3 Å². The minimum atomic E-state index is 0.201. The van der Waals surface area contributed by atoms with Crippen molar-refractivity contribution in [3.63, 3.8) is 0 Å². The maximum Gasteiger partial charge on any atom is 0.317 e. The van der Waals surface area contributed by atoms with Crippen LogP contribution in [-0.4, -0.2) is 53.6 Å². The van der Waals surface area contributed by atoms with E-state index in [2.05, 4.69) is 29.0 Å². The molecule has 2 heterocycles. The average Bonchev–Trinajstić information content (AvgIpc) is 3.12. The Bertz CT molecular complexity index is 387. The molecule has 2 saturated heterocycles. The first-order valence-electron chi connectivity index (χ1n) is 9.50. The Morgan fingerprint density at radius 1 is 1.18 bits per heavy atom. The number of carbonyl (C=O) groups excluding carboxylic acids is 1. The third-order valence-corrected chi connectivity index (χ3v) is 6.09. The van der Waals surface area contributed by atoms with Gasteiger partial charge in [0.05, 0.1) is 0 Å². The van der Waals surface area contributed by atoms with Crippen LogP contribution in [0.15, 0.2) is 0 Å². The van der Waals surface area contributed by atoms with Gasteiger partial charge in [0.15, 0.2) is 0 Å². The molecule has 22 heavy (non-hydrogen) atoms. The van der Waals surface area contributed by atoms with Gasteiger partial charge in [0.1, 0.15) is 0 Å². The molecule has 0 radical (unpaired) electrons. The van der Waals surface area contributed by atoms with Gasteiger partial charge < -0.3 is 10.2 Å². The molecule has 0 aromatic heterocycles. The average molecular weight is 307 g/mol. The standard InChI is InChI=1S/C18H33N3O/c1-3-4-7-15-8-5-10-17(15)19-18(22)21-13-16-9-6-11-20(16)12-14(21)2/h14-17H,3-13H2,1-2H3,(H,19,22)/t14-,15-,16+,17+/m1/s1. The van der Waals surface area contributed by atoms with Crippen molar-refractivity contribution < 1.29 is 4.79 Å². The summed E-state index contributed by atoms with van der Waals surface area (Å²) in [6, 6.07) is 1.59. The van der Waals surface area contributed by atoms with Gasteiger partial charge >= 0.3 is 6.03 Å². The van der Waals surface area contributed by atoms with Gasteiger partial charge in [-0.2, -0.15) is 0 Å². The Morgan fingerprint density at radius 3 is 2.86 bits per heavy atom. The predicted molar refractivity (Wildman–Crippen MR) is 89.9 cm³/mol. The molecule has 126 valence electrons. The van der Waals surface area contributed by atoms with Gasteiger partial charge in [0.2, 0.25) is 0 Å². The highest BCUT2D eigenvalue weighted by molar-refractivity contribution is 5.75. The largest absolute Gasteiger partial charge is 0.335 e. The second-order valence-electron chi connectivity index (χ2n) is 7.68. The summed E-state index contributed by atoms with van der Waals surface area (Å²) >= 11 is 0. The van der Waals surface area contributed by atoms with Crippen LogP contribution in [0.25, 0.3) is 0 Å². The summed E-state index contributed by atoms with van der Waals surface area (Å²) in [6.07, 6.45) is 10.2. The highest BCUT2D eigenvalue weighted by Gasteiger charge is 2.37. The lowest BCUT2D eigenvalue weighted by Crippen LogP contribution is -2.60. The lowest BCUT2D eigenvalue weighted by molar-refractivity contribution is 0.0782. The van der Waals surface area contributed by atoms with Gasteiger partial charge in [-0.15, -0.1) is 0 Å². The van der Waals surface area contributed by atoms with E-state index in [1.54, 1.807) is 0 Å². The Hall–Kier alpha value is -0.770. The van der Waals surface area contributed by atoms with Crippen LogP contribution in [0.1, 0.15) is 65.2 Å². The highest BCUT2D eigenvalue weighted by atomic mass is 16.2. The Kier molecular flexibility index (Phi) is 5.27. The van der Waals surface area contributed by atoms with Gasteiger partial charge in [0.25, 0.3) is 0 Å². The third kappa shape index (κ3) is 3.42. The van der Waals surface area contributed by atoms with E-state index in [9.17, 15) is 4.79 Å². The number of piperazine rings is 1. The van der Waals surface area contributed by atoms with E-state index in [1.165, 1.54) is 57.9 Å². The number of fused-ring (bicyclic) bond motifs is 1. The van der Waals surface area contributed by atoms with Crippen molar-refractivity contribution in [2.24, 2.45) is 5.92 Å².